The van der Waals surface area contributed by atoms with Gasteiger partial charge in [-0.25, -0.2) is 8.42 Å². The molecule has 28 heavy (non-hydrogen) atoms. The number of sulfonamides is 1. The second kappa shape index (κ2) is 6.58. The molecule has 0 radical (unpaired) electrons. The Bertz CT molecular complexity index is 1280. The number of fused-ring (bicyclic) bond motifs is 2. The van der Waals surface area contributed by atoms with Gasteiger partial charge in [0, 0.05) is 17.6 Å². The molecule has 0 unspecified atom stereocenters. The summed E-state index contributed by atoms with van der Waals surface area (Å²) in [5, 5.41) is 2.99. The largest absolute Gasteiger partial charge is 0.488 e. The molecule has 0 atom stereocenters. The third-order valence-corrected chi connectivity index (χ3v) is 6.88. The van der Waals surface area contributed by atoms with Crippen LogP contribution in [0.5, 0.6) is 5.75 Å². The highest BCUT2D eigenvalue weighted by Gasteiger charge is 2.38. The molecule has 1 aliphatic rings. The lowest BCUT2D eigenvalue weighted by molar-refractivity contribution is 0.0763. The lowest BCUT2D eigenvalue weighted by Gasteiger charge is -2.37. The summed E-state index contributed by atoms with van der Waals surface area (Å²) in [6.07, 6.45) is 1.59. The number of ether oxygens (including phenoxy) is 1. The fraction of sp³-hybridized carbons (Fsp3) is 0.136. The average molecular weight is 390 g/mol. The Labute approximate surface area is 163 Å². The molecule has 5 rings (SSSR count). The van der Waals surface area contributed by atoms with Crippen LogP contribution in [0.25, 0.3) is 21.7 Å². The van der Waals surface area contributed by atoms with Gasteiger partial charge in [0.2, 0.25) is 10.0 Å². The van der Waals surface area contributed by atoms with E-state index in [0.717, 1.165) is 21.7 Å². The van der Waals surface area contributed by atoms with Gasteiger partial charge in [0.15, 0.2) is 0 Å². The van der Waals surface area contributed by atoms with Crippen molar-refractivity contribution in [1.82, 2.24) is 9.29 Å². The number of hydrogen-bond donors (Lipinski definition) is 0. The molecule has 0 saturated carbocycles. The first-order chi connectivity index (χ1) is 13.6. The minimum absolute atomic E-state index is 0.156. The van der Waals surface area contributed by atoms with Crippen LogP contribution < -0.4 is 4.74 Å². The first kappa shape index (κ1) is 17.2. The van der Waals surface area contributed by atoms with Gasteiger partial charge in [-0.3, -0.25) is 4.98 Å². The molecule has 0 spiro atoms. The van der Waals surface area contributed by atoms with E-state index < -0.39 is 10.0 Å². The van der Waals surface area contributed by atoms with E-state index in [1.807, 2.05) is 60.7 Å². The molecule has 0 amide bonds. The highest BCUT2D eigenvalue weighted by molar-refractivity contribution is 7.89. The maximum absolute atomic E-state index is 12.9. The lowest BCUT2D eigenvalue weighted by Crippen LogP contribution is -2.55. The summed E-state index contributed by atoms with van der Waals surface area (Å²) >= 11 is 0. The first-order valence-corrected chi connectivity index (χ1v) is 10.5. The summed E-state index contributed by atoms with van der Waals surface area (Å²) in [5.41, 5.74) is 0.861. The summed E-state index contributed by atoms with van der Waals surface area (Å²) in [7, 11) is -3.51. The van der Waals surface area contributed by atoms with Gasteiger partial charge >= 0.3 is 0 Å². The van der Waals surface area contributed by atoms with Crippen LogP contribution in [0.1, 0.15) is 0 Å². The zero-order valence-corrected chi connectivity index (χ0v) is 15.8. The van der Waals surface area contributed by atoms with Gasteiger partial charge in [-0.1, -0.05) is 36.4 Å². The Morgan fingerprint density at radius 3 is 2.46 bits per heavy atom. The Hall–Kier alpha value is -2.96. The van der Waals surface area contributed by atoms with Crippen molar-refractivity contribution in [1.29, 1.82) is 0 Å². The SMILES string of the molecule is O=S(=O)(c1ccc2ccccc2c1)N1CC(Oc2ccc3cccnc3c2)C1. The summed E-state index contributed by atoms with van der Waals surface area (Å²) < 4.78 is 33.2. The predicted molar refractivity (Wildman–Crippen MR) is 109 cm³/mol. The molecule has 1 saturated heterocycles. The predicted octanol–water partition coefficient (Wildman–Crippen LogP) is 3.84. The summed E-state index contributed by atoms with van der Waals surface area (Å²) in [6, 6.07) is 22.6. The van der Waals surface area contributed by atoms with E-state index in [1.54, 1.807) is 18.3 Å². The van der Waals surface area contributed by atoms with E-state index in [2.05, 4.69) is 4.98 Å². The molecule has 1 aliphatic heterocycles. The van der Waals surface area contributed by atoms with E-state index in [9.17, 15) is 8.42 Å². The van der Waals surface area contributed by atoms with Crippen molar-refractivity contribution in [2.45, 2.75) is 11.0 Å². The highest BCUT2D eigenvalue weighted by Crippen LogP contribution is 2.28. The normalized spacial score (nSPS) is 15.6. The van der Waals surface area contributed by atoms with Crippen molar-refractivity contribution in [2.75, 3.05) is 13.1 Å². The van der Waals surface area contributed by atoms with Crippen LogP contribution in [0.4, 0.5) is 0 Å². The zero-order chi connectivity index (χ0) is 19.1. The minimum Gasteiger partial charge on any atom is -0.488 e. The summed E-state index contributed by atoms with van der Waals surface area (Å²) in [5.74, 6) is 0.707. The summed E-state index contributed by atoms with van der Waals surface area (Å²) in [4.78, 5) is 4.64. The lowest BCUT2D eigenvalue weighted by atomic mass is 10.1. The van der Waals surface area contributed by atoms with Crippen molar-refractivity contribution >= 4 is 31.7 Å². The van der Waals surface area contributed by atoms with Gasteiger partial charge in [0.1, 0.15) is 11.9 Å². The Morgan fingerprint density at radius 2 is 1.61 bits per heavy atom. The molecule has 4 aromatic rings. The number of aromatic nitrogens is 1. The molecule has 0 N–H and O–H groups in total. The molecule has 5 nitrogen and oxygen atoms in total. The van der Waals surface area contributed by atoms with Crippen molar-refractivity contribution in [3.05, 3.63) is 79.0 Å². The van der Waals surface area contributed by atoms with Crippen molar-refractivity contribution in [3.63, 3.8) is 0 Å². The number of nitrogens with zero attached hydrogens (tertiary/aromatic N) is 2. The molecule has 3 aromatic carbocycles. The number of hydrogen-bond acceptors (Lipinski definition) is 4. The van der Waals surface area contributed by atoms with E-state index >= 15 is 0 Å². The van der Waals surface area contributed by atoms with Crippen LogP contribution >= 0.6 is 0 Å². The molecular formula is C22H18N2O3S. The van der Waals surface area contributed by atoms with Gasteiger partial charge < -0.3 is 4.74 Å². The van der Waals surface area contributed by atoms with Crippen LogP contribution in [-0.2, 0) is 10.0 Å². The molecule has 2 heterocycles. The van der Waals surface area contributed by atoms with Gasteiger partial charge in [0.25, 0.3) is 0 Å². The van der Waals surface area contributed by atoms with Gasteiger partial charge in [0.05, 0.1) is 23.5 Å². The van der Waals surface area contributed by atoms with Crippen molar-refractivity contribution in [3.8, 4) is 5.75 Å². The third kappa shape index (κ3) is 3.00. The molecule has 6 heteroatoms. The molecule has 0 bridgehead atoms. The Morgan fingerprint density at radius 1 is 0.857 bits per heavy atom. The average Bonchev–Trinajstić information content (AvgIpc) is 2.69. The van der Waals surface area contributed by atoms with Crippen LogP contribution in [0.2, 0.25) is 0 Å². The van der Waals surface area contributed by atoms with Crippen molar-refractivity contribution < 1.29 is 13.2 Å². The van der Waals surface area contributed by atoms with E-state index in [4.69, 9.17) is 4.74 Å². The zero-order valence-electron chi connectivity index (χ0n) is 15.0. The van der Waals surface area contributed by atoms with Crippen LogP contribution in [0.15, 0.2) is 83.9 Å². The standard InChI is InChI=1S/C22H18N2O3S/c25-28(26,21-10-8-16-4-1-2-5-18(16)12-21)24-14-20(15-24)27-19-9-7-17-6-3-11-23-22(17)13-19/h1-13,20H,14-15H2. The topological polar surface area (TPSA) is 59.5 Å². The van der Waals surface area contributed by atoms with E-state index in [0.29, 0.717) is 23.7 Å². The number of pyridine rings is 1. The number of benzene rings is 3. The van der Waals surface area contributed by atoms with Crippen LogP contribution in [0.3, 0.4) is 0 Å². The fourth-order valence-electron chi connectivity index (χ4n) is 3.46. The highest BCUT2D eigenvalue weighted by atomic mass is 32.2. The Balaban J connectivity index is 1.30. The van der Waals surface area contributed by atoms with Crippen LogP contribution in [-0.4, -0.2) is 36.9 Å². The molecule has 1 fully saturated rings. The maximum Gasteiger partial charge on any atom is 0.243 e. The third-order valence-electron chi connectivity index (χ3n) is 5.05. The van der Waals surface area contributed by atoms with Gasteiger partial charge in [-0.15, -0.1) is 0 Å². The molecule has 140 valence electrons. The smallest absolute Gasteiger partial charge is 0.243 e. The van der Waals surface area contributed by atoms with Crippen LogP contribution in [0, 0.1) is 0 Å². The Kier molecular flexibility index (Phi) is 4.03. The van der Waals surface area contributed by atoms with Gasteiger partial charge in [-0.2, -0.15) is 4.31 Å². The summed E-state index contributed by atoms with van der Waals surface area (Å²) in [6.45, 7) is 0.685. The first-order valence-electron chi connectivity index (χ1n) is 9.10. The quantitative estimate of drug-likeness (QED) is 0.531. The van der Waals surface area contributed by atoms with E-state index in [-0.39, 0.29) is 6.10 Å². The fourth-order valence-corrected chi connectivity index (χ4v) is 5.00. The van der Waals surface area contributed by atoms with E-state index in [1.165, 1.54) is 4.31 Å². The maximum atomic E-state index is 12.9. The molecule has 0 aliphatic carbocycles. The number of rotatable bonds is 4. The second-order valence-electron chi connectivity index (χ2n) is 6.93. The molecular weight excluding hydrogens is 372 g/mol. The second-order valence-corrected chi connectivity index (χ2v) is 8.87. The van der Waals surface area contributed by atoms with Gasteiger partial charge in [-0.05, 0) is 41.1 Å². The monoisotopic (exact) mass is 390 g/mol. The molecule has 1 aromatic heterocycles. The van der Waals surface area contributed by atoms with Crippen molar-refractivity contribution in [2.24, 2.45) is 0 Å². The minimum atomic E-state index is -3.51.